The van der Waals surface area contributed by atoms with Crippen molar-refractivity contribution in [2.24, 2.45) is 0 Å². The highest BCUT2D eigenvalue weighted by molar-refractivity contribution is 9.08. The van der Waals surface area contributed by atoms with Gasteiger partial charge in [0.05, 0.1) is 5.69 Å². The normalized spacial score (nSPS) is 10.2. The van der Waals surface area contributed by atoms with E-state index in [1.165, 1.54) is 14.0 Å². The SMILES string of the molecule is CNC(=O)c1c(CBr)n(C(C)=O)c(=O)n1C(C)=O. The zero-order valence-corrected chi connectivity index (χ0v) is 11.7. The number of hydrogen-bond acceptors (Lipinski definition) is 4. The first-order valence-electron chi connectivity index (χ1n) is 5.03. The lowest BCUT2D eigenvalue weighted by Gasteiger charge is -2.04. The number of nitrogens with one attached hydrogen (secondary N) is 1. The average Bonchev–Trinajstić information content (AvgIpc) is 2.60. The molecular formula is C10H12BrN3O4. The molecule has 1 aromatic rings. The van der Waals surface area contributed by atoms with Crippen molar-refractivity contribution in [3.8, 4) is 0 Å². The smallest absolute Gasteiger partial charge is 0.342 e. The largest absolute Gasteiger partial charge is 0.354 e. The van der Waals surface area contributed by atoms with E-state index in [-0.39, 0.29) is 16.7 Å². The minimum atomic E-state index is -0.831. The molecule has 0 unspecified atom stereocenters. The molecule has 0 spiro atoms. The van der Waals surface area contributed by atoms with Crippen LogP contribution in [0.2, 0.25) is 0 Å². The van der Waals surface area contributed by atoms with Crippen molar-refractivity contribution in [2.75, 3.05) is 7.05 Å². The third-order valence-electron chi connectivity index (χ3n) is 2.35. The first-order valence-corrected chi connectivity index (χ1v) is 6.15. The number of carbonyl (C=O) groups excluding carboxylic acids is 3. The van der Waals surface area contributed by atoms with Crippen molar-refractivity contribution in [2.45, 2.75) is 19.2 Å². The molecule has 1 aromatic heterocycles. The molecule has 1 heterocycles. The fourth-order valence-corrected chi connectivity index (χ4v) is 2.15. The highest BCUT2D eigenvalue weighted by Crippen LogP contribution is 2.12. The predicted molar refractivity (Wildman–Crippen MR) is 67.3 cm³/mol. The molecule has 1 N–H and O–H groups in total. The molecule has 0 aliphatic carbocycles. The summed E-state index contributed by atoms with van der Waals surface area (Å²) in [6, 6.07) is 0. The lowest BCUT2D eigenvalue weighted by Crippen LogP contribution is -2.32. The Labute approximate surface area is 111 Å². The molecule has 0 aromatic carbocycles. The molecule has 0 saturated heterocycles. The summed E-state index contributed by atoms with van der Waals surface area (Å²) >= 11 is 3.11. The number of imidazole rings is 1. The van der Waals surface area contributed by atoms with Crippen LogP contribution >= 0.6 is 15.9 Å². The molecule has 98 valence electrons. The molecule has 0 saturated carbocycles. The highest BCUT2D eigenvalue weighted by atomic mass is 79.9. The lowest BCUT2D eigenvalue weighted by molar-refractivity contribution is 0.0886. The molecule has 0 aliphatic heterocycles. The fourth-order valence-electron chi connectivity index (χ4n) is 1.64. The van der Waals surface area contributed by atoms with Gasteiger partial charge in [-0.05, 0) is 0 Å². The van der Waals surface area contributed by atoms with Crippen LogP contribution in [0.5, 0.6) is 0 Å². The van der Waals surface area contributed by atoms with E-state index in [2.05, 4.69) is 21.2 Å². The van der Waals surface area contributed by atoms with E-state index in [9.17, 15) is 19.2 Å². The number of rotatable bonds is 2. The second-order valence-corrected chi connectivity index (χ2v) is 4.06. The second-order valence-electron chi connectivity index (χ2n) is 3.50. The third kappa shape index (κ3) is 2.15. The quantitative estimate of drug-likeness (QED) is 0.790. The van der Waals surface area contributed by atoms with Crippen LogP contribution in [0.4, 0.5) is 0 Å². The van der Waals surface area contributed by atoms with E-state index in [4.69, 9.17) is 0 Å². The third-order valence-corrected chi connectivity index (χ3v) is 2.88. The van der Waals surface area contributed by atoms with Gasteiger partial charge in [-0.2, -0.15) is 0 Å². The Morgan fingerprint density at radius 1 is 1.17 bits per heavy atom. The van der Waals surface area contributed by atoms with Gasteiger partial charge < -0.3 is 5.32 Å². The zero-order chi connectivity index (χ0) is 14.0. The van der Waals surface area contributed by atoms with Crippen LogP contribution in [0.25, 0.3) is 0 Å². The van der Waals surface area contributed by atoms with Crippen molar-refractivity contribution in [1.82, 2.24) is 14.5 Å². The number of hydrogen-bond donors (Lipinski definition) is 1. The Balaban J connectivity index is 3.82. The molecule has 0 radical (unpaired) electrons. The predicted octanol–water partition coefficient (Wildman–Crippen LogP) is 0.224. The molecule has 0 atom stereocenters. The standard InChI is InChI=1S/C10H12BrN3O4/c1-5(15)13-7(4-11)8(9(17)12-3)14(6(2)16)10(13)18/h4H2,1-3H3,(H,12,17). The van der Waals surface area contributed by atoms with Gasteiger partial charge in [0.15, 0.2) is 0 Å². The van der Waals surface area contributed by atoms with Gasteiger partial charge >= 0.3 is 5.69 Å². The van der Waals surface area contributed by atoms with Gasteiger partial charge in [0.1, 0.15) is 5.69 Å². The van der Waals surface area contributed by atoms with Crippen molar-refractivity contribution in [1.29, 1.82) is 0 Å². The van der Waals surface area contributed by atoms with Crippen molar-refractivity contribution >= 4 is 33.7 Å². The topological polar surface area (TPSA) is 90.2 Å². The fraction of sp³-hybridized carbons (Fsp3) is 0.400. The molecule has 0 aliphatic rings. The second kappa shape index (κ2) is 5.30. The summed E-state index contributed by atoms with van der Waals surface area (Å²) < 4.78 is 1.50. The maximum atomic E-state index is 12.0. The van der Waals surface area contributed by atoms with E-state index in [0.717, 1.165) is 11.5 Å². The van der Waals surface area contributed by atoms with Crippen molar-refractivity contribution < 1.29 is 14.4 Å². The van der Waals surface area contributed by atoms with Crippen molar-refractivity contribution in [3.05, 3.63) is 21.9 Å². The van der Waals surface area contributed by atoms with E-state index >= 15 is 0 Å². The van der Waals surface area contributed by atoms with Gasteiger partial charge in [0, 0.05) is 26.2 Å². The minimum Gasteiger partial charge on any atom is -0.354 e. The highest BCUT2D eigenvalue weighted by Gasteiger charge is 2.27. The van der Waals surface area contributed by atoms with E-state index in [0.29, 0.717) is 4.57 Å². The van der Waals surface area contributed by atoms with Gasteiger partial charge in [0.25, 0.3) is 5.91 Å². The van der Waals surface area contributed by atoms with Crippen molar-refractivity contribution in [3.63, 3.8) is 0 Å². The summed E-state index contributed by atoms with van der Waals surface area (Å²) in [5.74, 6) is -1.78. The molecule has 7 nitrogen and oxygen atoms in total. The number of nitrogens with zero attached hydrogens (tertiary/aromatic N) is 2. The Morgan fingerprint density at radius 3 is 2.00 bits per heavy atom. The number of carbonyl (C=O) groups is 3. The maximum Gasteiger partial charge on any atom is 0.342 e. The molecule has 18 heavy (non-hydrogen) atoms. The summed E-state index contributed by atoms with van der Waals surface area (Å²) in [5.41, 5.74) is -0.799. The number of alkyl halides is 1. The first kappa shape index (κ1) is 14.4. The molecule has 1 amide bonds. The number of aromatic nitrogens is 2. The molecule has 1 rings (SSSR count). The van der Waals surface area contributed by atoms with E-state index in [1.54, 1.807) is 0 Å². The summed E-state index contributed by atoms with van der Waals surface area (Å²) in [7, 11) is 1.38. The summed E-state index contributed by atoms with van der Waals surface area (Å²) in [6.07, 6.45) is 0. The number of halogens is 1. The van der Waals surface area contributed by atoms with E-state index in [1.807, 2.05) is 0 Å². The Hall–Kier alpha value is -1.70. The van der Waals surface area contributed by atoms with E-state index < -0.39 is 23.4 Å². The van der Waals surface area contributed by atoms with Gasteiger partial charge in [-0.3, -0.25) is 14.4 Å². The molecular weight excluding hydrogens is 306 g/mol. The van der Waals surface area contributed by atoms with Crippen LogP contribution in [-0.2, 0) is 5.33 Å². The molecule has 0 fully saturated rings. The van der Waals surface area contributed by atoms with Crippen LogP contribution in [0.1, 0.15) is 39.6 Å². The van der Waals surface area contributed by atoms with Crippen LogP contribution in [0, 0.1) is 0 Å². The maximum absolute atomic E-state index is 12.0. The summed E-state index contributed by atoms with van der Waals surface area (Å²) in [6.45, 7) is 2.34. The molecule has 0 bridgehead atoms. The first-order chi connectivity index (χ1) is 8.36. The zero-order valence-electron chi connectivity index (χ0n) is 10.1. The van der Waals surface area contributed by atoms with Crippen LogP contribution in [0.15, 0.2) is 4.79 Å². The average molecular weight is 318 g/mol. The van der Waals surface area contributed by atoms with Crippen LogP contribution in [0.3, 0.4) is 0 Å². The molecule has 8 heteroatoms. The minimum absolute atomic E-state index is 0.102. The lowest BCUT2D eigenvalue weighted by atomic mass is 10.3. The Bertz CT molecular complexity index is 585. The Kier molecular flexibility index (Phi) is 4.23. The summed E-state index contributed by atoms with van der Waals surface area (Å²) in [5, 5.41) is 2.44. The monoisotopic (exact) mass is 317 g/mol. The summed E-state index contributed by atoms with van der Waals surface area (Å²) in [4.78, 5) is 46.6. The van der Waals surface area contributed by atoms with Crippen LogP contribution in [-0.4, -0.2) is 33.9 Å². The van der Waals surface area contributed by atoms with Gasteiger partial charge in [0.2, 0.25) is 11.8 Å². The van der Waals surface area contributed by atoms with Gasteiger partial charge in [-0.15, -0.1) is 0 Å². The van der Waals surface area contributed by atoms with Crippen LogP contribution < -0.4 is 11.0 Å². The van der Waals surface area contributed by atoms with Gasteiger partial charge in [-0.25, -0.2) is 13.9 Å². The van der Waals surface area contributed by atoms with Gasteiger partial charge in [-0.1, -0.05) is 15.9 Å². The number of amides is 1. The Morgan fingerprint density at radius 2 is 1.67 bits per heavy atom.